The van der Waals surface area contributed by atoms with Gasteiger partial charge in [0.15, 0.2) is 17.3 Å². The predicted octanol–water partition coefficient (Wildman–Crippen LogP) is 3.00. The Morgan fingerprint density at radius 3 is 2.62 bits per heavy atom. The first-order valence-corrected chi connectivity index (χ1v) is 10.4. The molecule has 1 aromatic heterocycles. The first kappa shape index (κ1) is 23.4. The Balaban J connectivity index is 2.01. The monoisotopic (exact) mass is 443 g/mol. The highest BCUT2D eigenvalue weighted by atomic mass is 16.5. The van der Waals surface area contributed by atoms with Gasteiger partial charge >= 0.3 is 0 Å². The van der Waals surface area contributed by atoms with Gasteiger partial charge in [0.1, 0.15) is 12.4 Å². The number of benzene rings is 1. The average Bonchev–Trinajstić information content (AvgIpc) is 2.79. The van der Waals surface area contributed by atoms with E-state index in [1.807, 2.05) is 6.92 Å². The Bertz CT molecular complexity index is 1040. The molecular weight excluding hydrogens is 414 g/mol. The van der Waals surface area contributed by atoms with E-state index in [0.717, 1.165) is 5.57 Å². The van der Waals surface area contributed by atoms with Gasteiger partial charge in [0, 0.05) is 25.6 Å². The lowest BCUT2D eigenvalue weighted by Gasteiger charge is -2.28. The Labute approximate surface area is 187 Å². The summed E-state index contributed by atoms with van der Waals surface area (Å²) in [5, 5.41) is 10.5. The quantitative estimate of drug-likeness (QED) is 0.626. The van der Waals surface area contributed by atoms with Crippen LogP contribution < -0.4 is 14.9 Å². The van der Waals surface area contributed by atoms with Crippen LogP contribution in [0.1, 0.15) is 36.3 Å². The zero-order valence-electron chi connectivity index (χ0n) is 18.7. The second kappa shape index (κ2) is 10.4. The lowest BCUT2D eigenvalue weighted by atomic mass is 9.91. The largest absolute Gasteiger partial charge is 0.502 e. The summed E-state index contributed by atoms with van der Waals surface area (Å²) in [6.45, 7) is 9.58. The van der Waals surface area contributed by atoms with E-state index in [-0.39, 0.29) is 18.1 Å². The molecule has 3 rings (SSSR count). The second-order valence-electron chi connectivity index (χ2n) is 7.84. The van der Waals surface area contributed by atoms with Crippen LogP contribution in [0.15, 0.2) is 45.6 Å². The predicted molar refractivity (Wildman–Crippen MR) is 119 cm³/mol. The molecule has 0 bridgehead atoms. The van der Waals surface area contributed by atoms with Gasteiger partial charge in [-0.05, 0) is 37.1 Å². The molecule has 1 aliphatic heterocycles. The number of morpholine rings is 1. The van der Waals surface area contributed by atoms with Crippen molar-refractivity contribution in [3.05, 3.63) is 63.7 Å². The molecule has 2 heterocycles. The zero-order chi connectivity index (χ0) is 23.3. The van der Waals surface area contributed by atoms with Gasteiger partial charge in [0.05, 0.1) is 26.2 Å². The van der Waals surface area contributed by atoms with Crippen molar-refractivity contribution in [1.82, 2.24) is 4.90 Å². The molecule has 8 nitrogen and oxygen atoms in total. The maximum absolute atomic E-state index is 13.0. The molecule has 1 amide bonds. The van der Waals surface area contributed by atoms with Crippen molar-refractivity contribution < 1.29 is 28.5 Å². The summed E-state index contributed by atoms with van der Waals surface area (Å²) in [4.78, 5) is 27.0. The molecule has 0 saturated carbocycles. The van der Waals surface area contributed by atoms with Crippen molar-refractivity contribution in [2.24, 2.45) is 0 Å². The smallest absolute Gasteiger partial charge is 0.227 e. The standard InChI is InChI=1S/C24H29NO7/c1-15(2)14-31-20-6-5-17(12-21(20)29-4)18(13-22(27)25-7-9-30-10-8-25)24-23(28)19(26)11-16(3)32-24/h5-6,11-12,18,28H,1,7-10,13-14H2,2-4H3/t18-/m0/s1. The number of nitrogens with zero attached hydrogens (tertiary/aromatic N) is 1. The maximum Gasteiger partial charge on any atom is 0.227 e. The van der Waals surface area contributed by atoms with Crippen LogP contribution in [-0.4, -0.2) is 55.9 Å². The van der Waals surface area contributed by atoms with Crippen LogP contribution in [0.5, 0.6) is 17.2 Å². The Morgan fingerprint density at radius 2 is 1.97 bits per heavy atom. The van der Waals surface area contributed by atoms with Crippen LogP contribution >= 0.6 is 0 Å². The number of aromatic hydroxyl groups is 1. The summed E-state index contributed by atoms with van der Waals surface area (Å²) >= 11 is 0. The number of rotatable bonds is 8. The molecule has 2 aromatic rings. The molecule has 1 saturated heterocycles. The van der Waals surface area contributed by atoms with Gasteiger partial charge in [0.2, 0.25) is 17.1 Å². The van der Waals surface area contributed by atoms with E-state index in [2.05, 4.69) is 6.58 Å². The van der Waals surface area contributed by atoms with Gasteiger partial charge in [-0.25, -0.2) is 0 Å². The summed E-state index contributed by atoms with van der Waals surface area (Å²) in [5.41, 5.74) is 0.952. The van der Waals surface area contributed by atoms with Crippen molar-refractivity contribution in [1.29, 1.82) is 0 Å². The van der Waals surface area contributed by atoms with Gasteiger partial charge in [-0.1, -0.05) is 12.6 Å². The summed E-state index contributed by atoms with van der Waals surface area (Å²) < 4.78 is 22.3. The number of methoxy groups -OCH3 is 1. The fourth-order valence-corrected chi connectivity index (χ4v) is 3.56. The van der Waals surface area contributed by atoms with E-state index in [4.69, 9.17) is 18.6 Å². The number of amides is 1. The molecule has 0 spiro atoms. The highest BCUT2D eigenvalue weighted by Gasteiger charge is 2.29. The molecule has 0 radical (unpaired) electrons. The fourth-order valence-electron chi connectivity index (χ4n) is 3.56. The van der Waals surface area contributed by atoms with E-state index in [0.29, 0.717) is 55.7 Å². The fraction of sp³-hybridized carbons (Fsp3) is 0.417. The highest BCUT2D eigenvalue weighted by molar-refractivity contribution is 5.78. The number of hydrogen-bond donors (Lipinski definition) is 1. The van der Waals surface area contributed by atoms with Crippen molar-refractivity contribution >= 4 is 5.91 Å². The Morgan fingerprint density at radius 1 is 1.25 bits per heavy atom. The van der Waals surface area contributed by atoms with Gasteiger partial charge in [0.25, 0.3) is 0 Å². The first-order chi connectivity index (χ1) is 15.3. The van der Waals surface area contributed by atoms with Crippen LogP contribution in [-0.2, 0) is 9.53 Å². The molecule has 1 N–H and O–H groups in total. The van der Waals surface area contributed by atoms with Gasteiger partial charge < -0.3 is 28.6 Å². The minimum Gasteiger partial charge on any atom is -0.502 e. The third kappa shape index (κ3) is 5.50. The summed E-state index contributed by atoms with van der Waals surface area (Å²) in [6.07, 6.45) is 0.00901. The Hall–Kier alpha value is -3.26. The second-order valence-corrected chi connectivity index (χ2v) is 7.84. The molecule has 1 aromatic carbocycles. The summed E-state index contributed by atoms with van der Waals surface area (Å²) in [7, 11) is 1.52. The van der Waals surface area contributed by atoms with E-state index in [1.165, 1.54) is 13.2 Å². The highest BCUT2D eigenvalue weighted by Crippen LogP contribution is 2.38. The summed E-state index contributed by atoms with van der Waals surface area (Å²) in [6, 6.07) is 6.45. The molecule has 32 heavy (non-hydrogen) atoms. The molecule has 0 aliphatic carbocycles. The van der Waals surface area contributed by atoms with Crippen molar-refractivity contribution in [3.63, 3.8) is 0 Å². The van der Waals surface area contributed by atoms with E-state index >= 15 is 0 Å². The Kier molecular flexibility index (Phi) is 7.58. The molecule has 1 aliphatic rings. The van der Waals surface area contributed by atoms with Gasteiger partial charge in [-0.2, -0.15) is 0 Å². The molecule has 8 heteroatoms. The third-order valence-corrected chi connectivity index (χ3v) is 5.20. The lowest BCUT2D eigenvalue weighted by Crippen LogP contribution is -2.41. The minimum atomic E-state index is -0.693. The lowest BCUT2D eigenvalue weighted by molar-refractivity contribution is -0.135. The van der Waals surface area contributed by atoms with Crippen LogP contribution in [0.2, 0.25) is 0 Å². The van der Waals surface area contributed by atoms with Crippen LogP contribution in [0.3, 0.4) is 0 Å². The third-order valence-electron chi connectivity index (χ3n) is 5.20. The van der Waals surface area contributed by atoms with Gasteiger partial charge in [-0.3, -0.25) is 9.59 Å². The molecule has 172 valence electrons. The number of carbonyl (C=O) groups is 1. The van der Waals surface area contributed by atoms with E-state index in [9.17, 15) is 14.7 Å². The van der Waals surface area contributed by atoms with E-state index in [1.54, 1.807) is 30.0 Å². The van der Waals surface area contributed by atoms with Gasteiger partial charge in [-0.15, -0.1) is 0 Å². The molecular formula is C24H29NO7. The minimum absolute atomic E-state index is 0.00901. The molecule has 1 atom stereocenters. The number of aryl methyl sites for hydroxylation is 1. The van der Waals surface area contributed by atoms with Crippen molar-refractivity contribution in [2.45, 2.75) is 26.2 Å². The normalized spacial score (nSPS) is 14.7. The van der Waals surface area contributed by atoms with Crippen LogP contribution in [0.25, 0.3) is 0 Å². The molecule has 1 fully saturated rings. The van der Waals surface area contributed by atoms with E-state index < -0.39 is 17.1 Å². The maximum atomic E-state index is 13.0. The molecule has 0 unspecified atom stereocenters. The topological polar surface area (TPSA) is 98.4 Å². The SMILES string of the molecule is C=C(C)COc1ccc([C@H](CC(=O)N2CCOCC2)c2oc(C)cc(=O)c2O)cc1OC. The van der Waals surface area contributed by atoms with Crippen LogP contribution in [0, 0.1) is 6.92 Å². The average molecular weight is 443 g/mol. The number of ether oxygens (including phenoxy) is 3. The summed E-state index contributed by atoms with van der Waals surface area (Å²) in [5.74, 6) is 0.0613. The van der Waals surface area contributed by atoms with Crippen molar-refractivity contribution in [2.75, 3.05) is 40.0 Å². The zero-order valence-corrected chi connectivity index (χ0v) is 18.7. The first-order valence-electron chi connectivity index (χ1n) is 10.4. The number of hydrogen-bond acceptors (Lipinski definition) is 7. The van der Waals surface area contributed by atoms with Crippen LogP contribution in [0.4, 0.5) is 0 Å². The number of carbonyl (C=O) groups excluding carboxylic acids is 1. The van der Waals surface area contributed by atoms with Crippen molar-refractivity contribution in [3.8, 4) is 17.2 Å².